The third-order valence-electron chi connectivity index (χ3n) is 11.8. The summed E-state index contributed by atoms with van der Waals surface area (Å²) in [7, 11) is 0. The molecule has 11 rings (SSSR count). The van der Waals surface area contributed by atoms with Gasteiger partial charge in [0.15, 0.2) is 6.17 Å². The zero-order valence-electron chi connectivity index (χ0n) is 30.8. The van der Waals surface area contributed by atoms with E-state index in [4.69, 9.17) is 9.98 Å². The highest BCUT2D eigenvalue weighted by Gasteiger charge is 2.47. The highest BCUT2D eigenvalue weighted by atomic mass is 15.2. The molecule has 3 aliphatic rings. The smallest absolute Gasteiger partial charge is 0.169 e. The molecule has 4 heteroatoms. The van der Waals surface area contributed by atoms with Crippen LogP contribution >= 0.6 is 0 Å². The average Bonchev–Trinajstić information content (AvgIpc) is 3.78. The molecule has 1 unspecified atom stereocenters. The second kappa shape index (κ2) is 13.1. The van der Waals surface area contributed by atoms with Gasteiger partial charge in [0.05, 0.1) is 10.9 Å². The van der Waals surface area contributed by atoms with Crippen molar-refractivity contribution in [2.45, 2.75) is 24.4 Å². The quantitative estimate of drug-likeness (QED) is 0.183. The molecule has 1 atom stereocenters. The van der Waals surface area contributed by atoms with Crippen LogP contribution in [0.1, 0.15) is 58.0 Å². The van der Waals surface area contributed by atoms with Gasteiger partial charge in [-0.3, -0.25) is 0 Å². The summed E-state index contributed by atoms with van der Waals surface area (Å²) in [5, 5.41) is 7.67. The van der Waals surface area contributed by atoms with E-state index in [1.807, 2.05) is 6.07 Å². The highest BCUT2D eigenvalue weighted by molar-refractivity contribution is 6.19. The van der Waals surface area contributed by atoms with E-state index in [0.717, 1.165) is 46.9 Å². The Hall–Kier alpha value is -7.04. The minimum absolute atomic E-state index is 0.422. The lowest BCUT2D eigenvalue weighted by Gasteiger charge is -2.34. The van der Waals surface area contributed by atoms with Crippen LogP contribution < -0.4 is 15.9 Å². The van der Waals surface area contributed by atoms with Gasteiger partial charge in [0.2, 0.25) is 0 Å². The van der Waals surface area contributed by atoms with E-state index in [9.17, 15) is 0 Å². The van der Waals surface area contributed by atoms with Gasteiger partial charge in [0, 0.05) is 32.8 Å². The number of para-hydroxylation sites is 1. The number of hydrogen-bond acceptors (Lipinski definition) is 3. The Morgan fingerprint density at radius 2 is 1.16 bits per heavy atom. The first-order chi connectivity index (χ1) is 27.8. The predicted molar refractivity (Wildman–Crippen MR) is 230 cm³/mol. The topological polar surface area (TPSA) is 41.7 Å². The van der Waals surface area contributed by atoms with E-state index < -0.39 is 11.6 Å². The number of amidine groups is 2. The fraction of sp³-hybridized carbons (Fsp3) is 0.0769. The standard InChI is InChI=1S/C52H38N4/c1-4-18-35(19-5-1)49-53-50(36-20-16-25-39(34-36)56-46-32-14-11-26-40(46)41-27-12-15-33-47(41)56)55-51(54-49)43-29-17-31-45-48(43)42-28-10-13-30-44(42)52(45,37-21-6-2-7-22-37)38-23-8-3-9-24-38/h1-11,13-14,16-34,49H,12,15H2,(H,53,54,55). The Balaban J connectivity index is 1.10. The molecule has 7 aromatic carbocycles. The second-order valence-corrected chi connectivity index (χ2v) is 14.8. The maximum atomic E-state index is 5.42. The average molecular weight is 719 g/mol. The number of hydrogen-bond donors (Lipinski definition) is 1. The molecule has 8 aromatic rings. The van der Waals surface area contributed by atoms with E-state index in [1.165, 1.54) is 54.9 Å². The van der Waals surface area contributed by atoms with Crippen LogP contribution in [0.15, 0.2) is 192 Å². The zero-order chi connectivity index (χ0) is 37.1. The van der Waals surface area contributed by atoms with E-state index in [0.29, 0.717) is 0 Å². The van der Waals surface area contributed by atoms with Crippen molar-refractivity contribution in [1.29, 1.82) is 0 Å². The van der Waals surface area contributed by atoms with E-state index >= 15 is 0 Å². The van der Waals surface area contributed by atoms with Gasteiger partial charge in [-0.1, -0.05) is 176 Å². The van der Waals surface area contributed by atoms with Gasteiger partial charge in [-0.05, 0) is 70.0 Å². The van der Waals surface area contributed by atoms with Crippen molar-refractivity contribution in [3.05, 3.63) is 232 Å². The maximum absolute atomic E-state index is 5.42. The summed E-state index contributed by atoms with van der Waals surface area (Å²) in [5.74, 6) is 1.61. The molecule has 2 aliphatic carbocycles. The number of nitrogens with one attached hydrogen (secondary N) is 1. The highest BCUT2D eigenvalue weighted by Crippen LogP contribution is 2.57. The van der Waals surface area contributed by atoms with E-state index in [1.54, 1.807) is 0 Å². The van der Waals surface area contributed by atoms with Gasteiger partial charge in [0.25, 0.3) is 0 Å². The predicted octanol–water partition coefficient (Wildman–Crippen LogP) is 9.84. The molecule has 1 aromatic heterocycles. The lowest BCUT2D eigenvalue weighted by Crippen LogP contribution is -2.36. The van der Waals surface area contributed by atoms with Gasteiger partial charge in [-0.15, -0.1) is 0 Å². The second-order valence-electron chi connectivity index (χ2n) is 14.8. The summed E-state index contributed by atoms with van der Waals surface area (Å²) in [6, 6.07) is 65.5. The van der Waals surface area contributed by atoms with Crippen molar-refractivity contribution in [3.8, 4) is 16.8 Å². The lowest BCUT2D eigenvalue weighted by atomic mass is 9.67. The fourth-order valence-electron chi connectivity index (χ4n) is 9.42. The van der Waals surface area contributed by atoms with Crippen LogP contribution in [0, 0.1) is 0 Å². The van der Waals surface area contributed by atoms with Crippen molar-refractivity contribution in [3.63, 3.8) is 0 Å². The summed E-state index contributed by atoms with van der Waals surface area (Å²) in [5.41, 5.74) is 12.4. The summed E-state index contributed by atoms with van der Waals surface area (Å²) in [6.07, 6.45) is 6.45. The van der Waals surface area contributed by atoms with Crippen molar-refractivity contribution in [1.82, 2.24) is 9.88 Å². The Bertz CT molecular complexity index is 2950. The third kappa shape index (κ3) is 4.92. The van der Waals surface area contributed by atoms with Crippen LogP contribution in [0.25, 0.3) is 39.9 Å². The summed E-state index contributed by atoms with van der Waals surface area (Å²) >= 11 is 0. The SMILES string of the molecule is C1=c2c(n(-c3cccc(C4=NC(c5ccccc5)N=C(c5cccc6c5-c5ccccc5C6(c5ccccc5)c5ccccc5)N4)c3)c3ccccc23)=CCC1. The van der Waals surface area contributed by atoms with Crippen LogP contribution in [-0.4, -0.2) is 16.2 Å². The first-order valence-electron chi connectivity index (χ1n) is 19.5. The number of nitrogens with zero attached hydrogens (tertiary/aromatic N) is 3. The van der Waals surface area contributed by atoms with Gasteiger partial charge in [0.1, 0.15) is 11.7 Å². The van der Waals surface area contributed by atoms with Crippen molar-refractivity contribution in [2.75, 3.05) is 0 Å². The van der Waals surface area contributed by atoms with Crippen LogP contribution in [0.3, 0.4) is 0 Å². The van der Waals surface area contributed by atoms with Crippen LogP contribution in [0.4, 0.5) is 0 Å². The normalized spacial score (nSPS) is 16.3. The monoisotopic (exact) mass is 718 g/mol. The third-order valence-corrected chi connectivity index (χ3v) is 11.8. The Labute approximate surface area is 326 Å². The lowest BCUT2D eigenvalue weighted by molar-refractivity contribution is 0.755. The van der Waals surface area contributed by atoms with Crippen molar-refractivity contribution in [2.24, 2.45) is 9.98 Å². The minimum Gasteiger partial charge on any atom is -0.324 e. The molecule has 1 aliphatic heterocycles. The number of benzene rings is 7. The Morgan fingerprint density at radius 3 is 1.96 bits per heavy atom. The molecule has 0 spiro atoms. The molecule has 0 saturated carbocycles. The van der Waals surface area contributed by atoms with E-state index in [2.05, 4.69) is 198 Å². The molecule has 0 saturated heterocycles. The molecule has 4 nitrogen and oxygen atoms in total. The van der Waals surface area contributed by atoms with Gasteiger partial charge < -0.3 is 9.88 Å². The molecular formula is C52H38N4. The van der Waals surface area contributed by atoms with Gasteiger partial charge in [-0.2, -0.15) is 0 Å². The fourth-order valence-corrected chi connectivity index (χ4v) is 9.42. The number of aromatic nitrogens is 1. The molecule has 0 amide bonds. The molecule has 0 bridgehead atoms. The first kappa shape index (κ1) is 32.4. The molecule has 0 radical (unpaired) electrons. The van der Waals surface area contributed by atoms with Gasteiger partial charge in [-0.25, -0.2) is 9.98 Å². The Morgan fingerprint density at radius 1 is 0.536 bits per heavy atom. The Kier molecular flexibility index (Phi) is 7.56. The summed E-state index contributed by atoms with van der Waals surface area (Å²) in [6.45, 7) is 0. The van der Waals surface area contributed by atoms with Crippen molar-refractivity contribution >= 4 is 34.7 Å². The first-order valence-corrected chi connectivity index (χ1v) is 19.5. The largest absolute Gasteiger partial charge is 0.324 e. The number of aliphatic imine (C=N–C) groups is 2. The van der Waals surface area contributed by atoms with Crippen LogP contribution in [0.5, 0.6) is 0 Å². The molecular weight excluding hydrogens is 681 g/mol. The number of rotatable bonds is 6. The van der Waals surface area contributed by atoms with Crippen LogP contribution in [0.2, 0.25) is 0 Å². The molecule has 56 heavy (non-hydrogen) atoms. The van der Waals surface area contributed by atoms with Crippen molar-refractivity contribution < 1.29 is 0 Å². The maximum Gasteiger partial charge on any atom is 0.169 e. The van der Waals surface area contributed by atoms with Crippen LogP contribution in [-0.2, 0) is 5.41 Å². The minimum atomic E-state index is -0.503. The zero-order valence-corrected chi connectivity index (χ0v) is 30.8. The molecule has 2 heterocycles. The summed E-state index contributed by atoms with van der Waals surface area (Å²) < 4.78 is 2.41. The molecule has 0 fully saturated rings. The summed E-state index contributed by atoms with van der Waals surface area (Å²) in [4.78, 5) is 10.7. The van der Waals surface area contributed by atoms with Gasteiger partial charge >= 0.3 is 0 Å². The molecule has 1 N–H and O–H groups in total. The van der Waals surface area contributed by atoms with E-state index in [-0.39, 0.29) is 0 Å². The molecule has 266 valence electrons. The number of fused-ring (bicyclic) bond motifs is 6.